The molecule has 0 atom stereocenters. The van der Waals surface area contributed by atoms with Gasteiger partial charge in [0.25, 0.3) is 0 Å². The first kappa shape index (κ1) is 10.5. The van der Waals surface area contributed by atoms with Gasteiger partial charge in [0.15, 0.2) is 5.78 Å². The van der Waals surface area contributed by atoms with Crippen LogP contribution < -0.4 is 0 Å². The van der Waals surface area contributed by atoms with Gasteiger partial charge in [-0.05, 0) is 23.6 Å². The summed E-state index contributed by atoms with van der Waals surface area (Å²) in [6.07, 6.45) is 2.98. The van der Waals surface area contributed by atoms with E-state index in [9.17, 15) is 9.59 Å². The highest BCUT2D eigenvalue weighted by Crippen LogP contribution is 2.19. The molecule has 0 saturated carbocycles. The number of nitrogens with zero attached hydrogens (tertiary/aromatic N) is 1. The van der Waals surface area contributed by atoms with Crippen LogP contribution in [0.25, 0.3) is 0 Å². The number of ketones is 1. The van der Waals surface area contributed by atoms with Crippen LogP contribution in [-0.4, -0.2) is 21.8 Å². The van der Waals surface area contributed by atoms with Gasteiger partial charge in [-0.1, -0.05) is 0 Å². The van der Waals surface area contributed by atoms with Gasteiger partial charge in [-0.15, -0.1) is 11.3 Å². The Labute approximate surface area is 95.2 Å². The number of carbonyl (C=O) groups is 2. The number of rotatable bonds is 3. The Hall–Kier alpha value is -2.01. The average Bonchev–Trinajstić information content (AvgIpc) is 2.78. The minimum absolute atomic E-state index is 0.0638. The van der Waals surface area contributed by atoms with Crippen molar-refractivity contribution in [3.63, 3.8) is 0 Å². The van der Waals surface area contributed by atoms with Crippen LogP contribution in [0.4, 0.5) is 0 Å². The monoisotopic (exact) mass is 233 g/mol. The summed E-state index contributed by atoms with van der Waals surface area (Å²) in [5.74, 6) is -1.39. The van der Waals surface area contributed by atoms with E-state index in [1.165, 1.54) is 12.3 Å². The molecule has 5 heteroatoms. The number of aromatic carboxylic acids is 1. The largest absolute Gasteiger partial charge is 0.477 e. The third-order valence-electron chi connectivity index (χ3n) is 2.03. The topological polar surface area (TPSA) is 67.3 Å². The molecule has 0 aliphatic rings. The van der Waals surface area contributed by atoms with E-state index in [1.54, 1.807) is 23.7 Å². The van der Waals surface area contributed by atoms with Crippen molar-refractivity contribution in [1.29, 1.82) is 0 Å². The first-order chi connectivity index (χ1) is 7.70. The lowest BCUT2D eigenvalue weighted by Crippen LogP contribution is -2.06. The van der Waals surface area contributed by atoms with Crippen molar-refractivity contribution in [2.24, 2.45) is 0 Å². The summed E-state index contributed by atoms with van der Waals surface area (Å²) in [7, 11) is 0. The first-order valence-electron chi connectivity index (χ1n) is 4.45. The minimum Gasteiger partial charge on any atom is -0.477 e. The van der Waals surface area contributed by atoms with E-state index in [4.69, 9.17) is 5.11 Å². The number of aromatic nitrogens is 1. The molecule has 0 saturated heterocycles. The molecule has 16 heavy (non-hydrogen) atoms. The Morgan fingerprint density at radius 2 is 2.12 bits per heavy atom. The van der Waals surface area contributed by atoms with E-state index in [2.05, 4.69) is 4.98 Å². The van der Waals surface area contributed by atoms with E-state index in [-0.39, 0.29) is 16.2 Å². The maximum absolute atomic E-state index is 11.9. The van der Waals surface area contributed by atoms with Crippen molar-refractivity contribution in [2.75, 3.05) is 0 Å². The summed E-state index contributed by atoms with van der Waals surface area (Å²) < 4.78 is 0. The van der Waals surface area contributed by atoms with Crippen molar-refractivity contribution in [1.82, 2.24) is 4.98 Å². The Morgan fingerprint density at radius 3 is 2.75 bits per heavy atom. The minimum atomic E-state index is -1.08. The molecule has 1 N–H and O–H groups in total. The number of pyridine rings is 1. The molecule has 80 valence electrons. The lowest BCUT2D eigenvalue weighted by molar-refractivity contribution is 0.0698. The van der Waals surface area contributed by atoms with Gasteiger partial charge in [0.2, 0.25) is 0 Å². The van der Waals surface area contributed by atoms with E-state index < -0.39 is 5.97 Å². The Bertz CT molecular complexity index is 533. The summed E-state index contributed by atoms with van der Waals surface area (Å²) in [6.45, 7) is 0. The molecule has 0 unspecified atom stereocenters. The van der Waals surface area contributed by atoms with E-state index in [0.717, 1.165) is 11.3 Å². The molecule has 2 heterocycles. The third-order valence-corrected chi connectivity index (χ3v) is 2.93. The zero-order chi connectivity index (χ0) is 11.5. The molecule has 0 amide bonds. The molecule has 2 aromatic heterocycles. The number of carboxylic acid groups (broad SMARTS) is 1. The third kappa shape index (κ3) is 1.85. The molecule has 4 nitrogen and oxygen atoms in total. The zero-order valence-corrected chi connectivity index (χ0v) is 8.90. The van der Waals surface area contributed by atoms with Gasteiger partial charge in [-0.25, -0.2) is 4.79 Å². The summed E-state index contributed by atoms with van der Waals surface area (Å²) in [6, 6.07) is 4.77. The highest BCUT2D eigenvalue weighted by Gasteiger charge is 2.19. The predicted molar refractivity (Wildman–Crippen MR) is 58.9 cm³/mol. The van der Waals surface area contributed by atoms with Crippen molar-refractivity contribution < 1.29 is 14.7 Å². The standard InChI is InChI=1S/C11H7NO3S/c13-9(7-2-1-4-12-6-7)8-3-5-16-10(8)11(14)15/h1-6H,(H,14,15). The molecule has 0 spiro atoms. The van der Waals surface area contributed by atoms with Crippen LogP contribution in [0.2, 0.25) is 0 Å². The molecule has 0 aliphatic carbocycles. The first-order valence-corrected chi connectivity index (χ1v) is 5.33. The van der Waals surface area contributed by atoms with Crippen LogP contribution in [0.15, 0.2) is 36.0 Å². The van der Waals surface area contributed by atoms with Crippen LogP contribution >= 0.6 is 11.3 Å². The second kappa shape index (κ2) is 4.24. The second-order valence-corrected chi connectivity index (χ2v) is 3.96. The highest BCUT2D eigenvalue weighted by molar-refractivity contribution is 7.12. The van der Waals surface area contributed by atoms with Crippen LogP contribution in [0.5, 0.6) is 0 Å². The number of thiophene rings is 1. The lowest BCUT2D eigenvalue weighted by Gasteiger charge is -1.99. The zero-order valence-electron chi connectivity index (χ0n) is 8.08. The predicted octanol–water partition coefficient (Wildman–Crippen LogP) is 2.07. The van der Waals surface area contributed by atoms with Crippen LogP contribution in [-0.2, 0) is 0 Å². The van der Waals surface area contributed by atoms with Gasteiger partial charge in [0.05, 0.1) is 0 Å². The molecule has 0 aliphatic heterocycles. The fourth-order valence-electron chi connectivity index (χ4n) is 1.31. The van der Waals surface area contributed by atoms with Gasteiger partial charge < -0.3 is 5.11 Å². The number of hydrogen-bond acceptors (Lipinski definition) is 4. The molecule has 0 bridgehead atoms. The normalized spacial score (nSPS) is 10.0. The van der Waals surface area contributed by atoms with Gasteiger partial charge in [0.1, 0.15) is 4.88 Å². The summed E-state index contributed by atoms with van der Waals surface area (Å²) in [4.78, 5) is 26.7. The van der Waals surface area contributed by atoms with Gasteiger partial charge in [0, 0.05) is 23.5 Å². The fourth-order valence-corrected chi connectivity index (χ4v) is 2.03. The molecular weight excluding hydrogens is 226 g/mol. The second-order valence-electron chi connectivity index (χ2n) is 3.04. The molecule has 0 fully saturated rings. The lowest BCUT2D eigenvalue weighted by atomic mass is 10.1. The smallest absolute Gasteiger partial charge is 0.346 e. The van der Waals surface area contributed by atoms with Crippen molar-refractivity contribution in [2.45, 2.75) is 0 Å². The fraction of sp³-hybridized carbons (Fsp3) is 0. The summed E-state index contributed by atoms with van der Waals surface area (Å²) >= 11 is 1.04. The number of hydrogen-bond donors (Lipinski definition) is 1. The highest BCUT2D eigenvalue weighted by atomic mass is 32.1. The van der Waals surface area contributed by atoms with E-state index in [0.29, 0.717) is 5.56 Å². The molecule has 2 rings (SSSR count). The van der Waals surface area contributed by atoms with Gasteiger partial charge in [-0.2, -0.15) is 0 Å². The van der Waals surface area contributed by atoms with Crippen molar-refractivity contribution in [3.05, 3.63) is 52.0 Å². The molecule has 2 aromatic rings. The van der Waals surface area contributed by atoms with Crippen molar-refractivity contribution in [3.8, 4) is 0 Å². The number of carboxylic acids is 1. The quantitative estimate of drug-likeness (QED) is 0.824. The van der Waals surface area contributed by atoms with Crippen molar-refractivity contribution >= 4 is 23.1 Å². The van der Waals surface area contributed by atoms with Gasteiger partial charge in [-0.3, -0.25) is 9.78 Å². The molecular formula is C11H7NO3S. The van der Waals surface area contributed by atoms with Crippen LogP contribution in [0.3, 0.4) is 0 Å². The Balaban J connectivity index is 2.42. The van der Waals surface area contributed by atoms with Crippen LogP contribution in [0, 0.1) is 0 Å². The SMILES string of the molecule is O=C(c1cccnc1)c1ccsc1C(=O)O. The summed E-state index contributed by atoms with van der Waals surface area (Å²) in [5, 5.41) is 10.5. The Kier molecular flexibility index (Phi) is 2.78. The van der Waals surface area contributed by atoms with E-state index >= 15 is 0 Å². The van der Waals surface area contributed by atoms with E-state index in [1.807, 2.05) is 0 Å². The van der Waals surface area contributed by atoms with Gasteiger partial charge >= 0.3 is 5.97 Å². The maximum atomic E-state index is 11.9. The maximum Gasteiger partial charge on any atom is 0.346 e. The Morgan fingerprint density at radius 1 is 1.31 bits per heavy atom. The average molecular weight is 233 g/mol. The number of carbonyl (C=O) groups excluding carboxylic acids is 1. The molecule has 0 radical (unpaired) electrons. The molecule has 0 aromatic carbocycles. The summed E-state index contributed by atoms with van der Waals surface area (Å²) in [5.41, 5.74) is 0.605. The van der Waals surface area contributed by atoms with Crippen LogP contribution in [0.1, 0.15) is 25.6 Å².